The van der Waals surface area contributed by atoms with E-state index in [0.717, 1.165) is 0 Å². The fourth-order valence-electron chi connectivity index (χ4n) is 1.29. The summed E-state index contributed by atoms with van der Waals surface area (Å²) in [4.78, 5) is 10.8. The molecule has 1 saturated heterocycles. The fourth-order valence-corrected chi connectivity index (χ4v) is 1.29. The van der Waals surface area contributed by atoms with Crippen LogP contribution in [-0.4, -0.2) is 31.6 Å². The highest BCUT2D eigenvalue weighted by atomic mass is 16.7. The first-order chi connectivity index (χ1) is 6.03. The Morgan fingerprint density at radius 1 is 1.62 bits per heavy atom. The van der Waals surface area contributed by atoms with Crippen LogP contribution in [0.5, 0.6) is 0 Å². The summed E-state index contributed by atoms with van der Waals surface area (Å²) in [7, 11) is 1.39. The molecule has 0 aliphatic carbocycles. The number of carbonyl (C=O) groups is 1. The van der Waals surface area contributed by atoms with Crippen LogP contribution in [0.15, 0.2) is 0 Å². The van der Waals surface area contributed by atoms with Crippen LogP contribution in [0.4, 0.5) is 0 Å². The summed E-state index contributed by atoms with van der Waals surface area (Å²) in [5, 5.41) is 0. The van der Waals surface area contributed by atoms with Crippen molar-refractivity contribution in [2.75, 3.05) is 13.7 Å². The van der Waals surface area contributed by atoms with E-state index in [1.807, 2.05) is 13.8 Å². The van der Waals surface area contributed by atoms with Gasteiger partial charge < -0.3 is 14.2 Å². The third-order valence-corrected chi connectivity index (χ3v) is 1.97. The average molecular weight is 188 g/mol. The second-order valence-corrected chi connectivity index (χ2v) is 3.57. The predicted molar refractivity (Wildman–Crippen MR) is 46.2 cm³/mol. The number of rotatable bonds is 3. The Morgan fingerprint density at radius 2 is 2.31 bits per heavy atom. The number of hydrogen-bond acceptors (Lipinski definition) is 4. The van der Waals surface area contributed by atoms with Crippen LogP contribution in [0.3, 0.4) is 0 Å². The zero-order chi connectivity index (χ0) is 9.90. The van der Waals surface area contributed by atoms with Crippen molar-refractivity contribution in [3.63, 3.8) is 0 Å². The largest absolute Gasteiger partial charge is 0.469 e. The van der Waals surface area contributed by atoms with Crippen molar-refractivity contribution in [2.24, 2.45) is 0 Å². The molecule has 0 aromatic rings. The van der Waals surface area contributed by atoms with Gasteiger partial charge in [-0.15, -0.1) is 0 Å². The molecule has 13 heavy (non-hydrogen) atoms. The zero-order valence-corrected chi connectivity index (χ0v) is 8.33. The molecule has 0 aromatic heterocycles. The molecule has 1 aliphatic rings. The minimum atomic E-state index is -0.499. The normalized spacial score (nSPS) is 25.9. The lowest BCUT2D eigenvalue weighted by Gasteiger charge is -2.16. The Hall–Kier alpha value is -0.610. The lowest BCUT2D eigenvalue weighted by atomic mass is 10.2. The van der Waals surface area contributed by atoms with Crippen LogP contribution in [0.25, 0.3) is 0 Å². The lowest BCUT2D eigenvalue weighted by molar-refractivity contribution is -0.146. The van der Waals surface area contributed by atoms with Crippen molar-refractivity contribution in [3.05, 3.63) is 0 Å². The Bertz CT molecular complexity index is 188. The van der Waals surface area contributed by atoms with Gasteiger partial charge in [-0.1, -0.05) is 0 Å². The monoisotopic (exact) mass is 188 g/mol. The first kappa shape index (κ1) is 10.5. The van der Waals surface area contributed by atoms with E-state index in [1.165, 1.54) is 7.11 Å². The van der Waals surface area contributed by atoms with Gasteiger partial charge in [-0.05, 0) is 20.3 Å². The van der Waals surface area contributed by atoms with E-state index in [9.17, 15) is 4.79 Å². The minimum Gasteiger partial charge on any atom is -0.469 e. The Kier molecular flexibility index (Phi) is 3.27. The molecule has 4 heteroatoms. The van der Waals surface area contributed by atoms with Gasteiger partial charge in [0, 0.05) is 6.42 Å². The minimum absolute atomic E-state index is 0.0223. The van der Waals surface area contributed by atoms with Crippen molar-refractivity contribution in [1.29, 1.82) is 0 Å². The number of hydrogen-bond donors (Lipinski definition) is 0. The van der Waals surface area contributed by atoms with E-state index in [-0.39, 0.29) is 12.1 Å². The first-order valence-electron chi connectivity index (χ1n) is 4.42. The molecular formula is C9H16O4. The Morgan fingerprint density at radius 3 is 2.77 bits per heavy atom. The quantitative estimate of drug-likeness (QED) is 0.622. The standard InChI is InChI=1S/C9H16O4/c1-9(2)12-6-7(13-9)4-5-8(10)11-3/h7H,4-6H2,1-3H3/t7-/m1/s1. The summed E-state index contributed by atoms with van der Waals surface area (Å²) in [5.74, 6) is -0.700. The van der Waals surface area contributed by atoms with Crippen LogP contribution < -0.4 is 0 Å². The molecule has 1 atom stereocenters. The number of ether oxygens (including phenoxy) is 3. The fraction of sp³-hybridized carbons (Fsp3) is 0.889. The van der Waals surface area contributed by atoms with Gasteiger partial charge >= 0.3 is 5.97 Å². The van der Waals surface area contributed by atoms with Gasteiger partial charge in [0.2, 0.25) is 0 Å². The van der Waals surface area contributed by atoms with E-state index in [4.69, 9.17) is 9.47 Å². The van der Waals surface area contributed by atoms with Gasteiger partial charge in [-0.2, -0.15) is 0 Å². The maximum Gasteiger partial charge on any atom is 0.305 e. The number of carbonyl (C=O) groups excluding carboxylic acids is 1. The van der Waals surface area contributed by atoms with Gasteiger partial charge in [0.1, 0.15) is 0 Å². The molecule has 76 valence electrons. The summed E-state index contributed by atoms with van der Waals surface area (Å²) >= 11 is 0. The third kappa shape index (κ3) is 3.32. The molecular weight excluding hydrogens is 172 g/mol. The molecule has 0 radical (unpaired) electrons. The lowest BCUT2D eigenvalue weighted by Crippen LogP contribution is -2.21. The van der Waals surface area contributed by atoms with Gasteiger partial charge in [-0.3, -0.25) is 4.79 Å². The molecule has 0 aromatic carbocycles. The zero-order valence-electron chi connectivity index (χ0n) is 8.33. The Labute approximate surface area is 78.2 Å². The highest BCUT2D eigenvalue weighted by molar-refractivity contribution is 5.69. The van der Waals surface area contributed by atoms with E-state index < -0.39 is 5.79 Å². The summed E-state index contributed by atoms with van der Waals surface area (Å²) in [6.07, 6.45) is 1.07. The molecule has 1 heterocycles. The average Bonchev–Trinajstić information content (AvgIpc) is 2.41. The van der Waals surface area contributed by atoms with Crippen molar-refractivity contribution < 1.29 is 19.0 Å². The van der Waals surface area contributed by atoms with Crippen LogP contribution in [-0.2, 0) is 19.0 Å². The third-order valence-electron chi connectivity index (χ3n) is 1.97. The summed E-state index contributed by atoms with van der Waals surface area (Å²) < 4.78 is 15.4. The molecule has 1 aliphatic heterocycles. The van der Waals surface area contributed by atoms with Crippen LogP contribution in [0.2, 0.25) is 0 Å². The number of methoxy groups -OCH3 is 1. The molecule has 1 fully saturated rings. The molecule has 4 nitrogen and oxygen atoms in total. The highest BCUT2D eigenvalue weighted by Gasteiger charge is 2.32. The van der Waals surface area contributed by atoms with Crippen LogP contribution in [0.1, 0.15) is 26.7 Å². The highest BCUT2D eigenvalue weighted by Crippen LogP contribution is 2.24. The second kappa shape index (κ2) is 4.07. The van der Waals surface area contributed by atoms with Crippen molar-refractivity contribution >= 4 is 5.97 Å². The van der Waals surface area contributed by atoms with Crippen LogP contribution >= 0.6 is 0 Å². The van der Waals surface area contributed by atoms with E-state index in [1.54, 1.807) is 0 Å². The Balaban J connectivity index is 2.21. The van der Waals surface area contributed by atoms with Crippen LogP contribution in [0, 0.1) is 0 Å². The van der Waals surface area contributed by atoms with Gasteiger partial charge in [0.05, 0.1) is 19.8 Å². The van der Waals surface area contributed by atoms with Crippen molar-refractivity contribution in [1.82, 2.24) is 0 Å². The number of esters is 1. The maximum absolute atomic E-state index is 10.8. The first-order valence-corrected chi connectivity index (χ1v) is 4.42. The summed E-state index contributed by atoms with van der Waals surface area (Å²) in [5.41, 5.74) is 0. The predicted octanol–water partition coefficient (Wildman–Crippen LogP) is 1.09. The molecule has 0 spiro atoms. The molecule has 0 N–H and O–H groups in total. The van der Waals surface area contributed by atoms with E-state index in [0.29, 0.717) is 19.4 Å². The van der Waals surface area contributed by atoms with Crippen molar-refractivity contribution in [3.8, 4) is 0 Å². The van der Waals surface area contributed by atoms with Gasteiger partial charge in [-0.25, -0.2) is 0 Å². The smallest absolute Gasteiger partial charge is 0.305 e. The summed E-state index contributed by atoms with van der Waals surface area (Å²) in [6.45, 7) is 4.29. The maximum atomic E-state index is 10.8. The molecule has 0 unspecified atom stereocenters. The van der Waals surface area contributed by atoms with Gasteiger partial charge in [0.25, 0.3) is 0 Å². The molecule has 0 amide bonds. The van der Waals surface area contributed by atoms with E-state index >= 15 is 0 Å². The second-order valence-electron chi connectivity index (χ2n) is 3.57. The molecule has 1 rings (SSSR count). The molecule has 0 saturated carbocycles. The SMILES string of the molecule is COC(=O)CC[C@@H]1COC(C)(C)O1. The van der Waals surface area contributed by atoms with Gasteiger partial charge in [0.15, 0.2) is 5.79 Å². The summed E-state index contributed by atoms with van der Waals surface area (Å²) in [6, 6.07) is 0. The van der Waals surface area contributed by atoms with E-state index in [2.05, 4.69) is 4.74 Å². The topological polar surface area (TPSA) is 44.8 Å². The molecule has 0 bridgehead atoms. The van der Waals surface area contributed by atoms with Crippen molar-refractivity contribution in [2.45, 2.75) is 38.6 Å².